The van der Waals surface area contributed by atoms with E-state index in [1.165, 1.54) is 0 Å². The van der Waals surface area contributed by atoms with Crippen LogP contribution >= 0.6 is 0 Å². The smallest absolute Gasteiger partial charge is 0.237 e. The number of nitrogens with zero attached hydrogens (tertiary/aromatic N) is 1. The zero-order valence-corrected chi connectivity index (χ0v) is 11.8. The molecule has 0 aromatic heterocycles. The number of carbonyl (C=O) groups is 1. The van der Waals surface area contributed by atoms with Gasteiger partial charge in [0.1, 0.15) is 5.75 Å². The Hall–Kier alpha value is -1.75. The Kier molecular flexibility index (Phi) is 5.18. The van der Waals surface area contributed by atoms with Crippen LogP contribution in [0.25, 0.3) is 0 Å². The van der Waals surface area contributed by atoms with Crippen LogP contribution in [-0.2, 0) is 4.79 Å². The summed E-state index contributed by atoms with van der Waals surface area (Å²) in [6, 6.07) is 7.83. The quantitative estimate of drug-likeness (QED) is 0.724. The van der Waals surface area contributed by atoms with Gasteiger partial charge in [-0.25, -0.2) is 0 Å². The van der Waals surface area contributed by atoms with Gasteiger partial charge in [0, 0.05) is 25.8 Å². The lowest BCUT2D eigenvalue weighted by Gasteiger charge is -2.20. The fourth-order valence-corrected chi connectivity index (χ4v) is 1.60. The summed E-state index contributed by atoms with van der Waals surface area (Å²) < 4.78 is 5.64. The average Bonchev–Trinajstić information content (AvgIpc) is 2.35. The topological polar surface area (TPSA) is 81.6 Å². The summed E-state index contributed by atoms with van der Waals surface area (Å²) in [6.45, 7) is 2.15. The second-order valence-corrected chi connectivity index (χ2v) is 5.13. The van der Waals surface area contributed by atoms with Crippen molar-refractivity contribution in [3.05, 3.63) is 24.3 Å². The maximum absolute atomic E-state index is 11.1. The molecule has 106 valence electrons. The Morgan fingerprint density at radius 1 is 1.42 bits per heavy atom. The van der Waals surface area contributed by atoms with Crippen LogP contribution in [0.1, 0.15) is 19.8 Å². The van der Waals surface area contributed by atoms with Crippen molar-refractivity contribution in [3.8, 4) is 5.75 Å². The lowest BCUT2D eigenvalue weighted by Crippen LogP contribution is -2.49. The molecule has 5 nitrogen and oxygen atoms in total. The van der Waals surface area contributed by atoms with E-state index in [0.717, 1.165) is 11.4 Å². The molecule has 4 N–H and O–H groups in total. The minimum atomic E-state index is -0.963. The number of amides is 1. The van der Waals surface area contributed by atoms with E-state index in [-0.39, 0.29) is 0 Å². The zero-order chi connectivity index (χ0) is 14.5. The zero-order valence-electron chi connectivity index (χ0n) is 11.8. The standard InChI is InChI=1S/C14H23N3O2/c1-14(16,13(15)18)8-5-9-19-12-7-4-6-11(10-12)17(2)3/h4,6-7,10H,5,8-9,16H2,1-3H3,(H2,15,18). The van der Waals surface area contributed by atoms with Gasteiger partial charge in [-0.15, -0.1) is 0 Å². The van der Waals surface area contributed by atoms with Crippen molar-refractivity contribution in [3.63, 3.8) is 0 Å². The van der Waals surface area contributed by atoms with Crippen LogP contribution in [-0.4, -0.2) is 32.1 Å². The molecule has 0 radical (unpaired) electrons. The van der Waals surface area contributed by atoms with Gasteiger partial charge in [0.05, 0.1) is 12.1 Å². The molecule has 0 bridgehead atoms. The van der Waals surface area contributed by atoms with Crippen LogP contribution in [0, 0.1) is 0 Å². The minimum absolute atomic E-state index is 0.484. The molecular formula is C14H23N3O2. The predicted molar refractivity (Wildman–Crippen MR) is 77.3 cm³/mol. The second-order valence-electron chi connectivity index (χ2n) is 5.13. The fourth-order valence-electron chi connectivity index (χ4n) is 1.60. The first-order valence-electron chi connectivity index (χ1n) is 6.32. The number of anilines is 1. The summed E-state index contributed by atoms with van der Waals surface area (Å²) in [5.41, 5.74) is 11.1. The summed E-state index contributed by atoms with van der Waals surface area (Å²) >= 11 is 0. The highest BCUT2D eigenvalue weighted by Gasteiger charge is 2.24. The highest BCUT2D eigenvalue weighted by molar-refractivity contribution is 5.83. The van der Waals surface area contributed by atoms with Crippen LogP contribution in [0.4, 0.5) is 5.69 Å². The van der Waals surface area contributed by atoms with Gasteiger partial charge in [0.15, 0.2) is 0 Å². The van der Waals surface area contributed by atoms with E-state index in [1.54, 1.807) is 6.92 Å². The Labute approximate surface area is 114 Å². The molecule has 0 aliphatic rings. The molecule has 0 heterocycles. The number of rotatable bonds is 7. The molecule has 1 atom stereocenters. The van der Waals surface area contributed by atoms with E-state index in [4.69, 9.17) is 16.2 Å². The van der Waals surface area contributed by atoms with Gasteiger partial charge in [-0.3, -0.25) is 4.79 Å². The van der Waals surface area contributed by atoms with Crippen LogP contribution in [0.15, 0.2) is 24.3 Å². The molecule has 0 saturated carbocycles. The van der Waals surface area contributed by atoms with Gasteiger partial charge >= 0.3 is 0 Å². The largest absolute Gasteiger partial charge is 0.494 e. The number of hydrogen-bond donors (Lipinski definition) is 2. The first kappa shape index (κ1) is 15.3. The molecule has 0 saturated heterocycles. The van der Waals surface area contributed by atoms with E-state index < -0.39 is 11.4 Å². The van der Waals surface area contributed by atoms with E-state index in [2.05, 4.69) is 0 Å². The minimum Gasteiger partial charge on any atom is -0.494 e. The molecule has 5 heteroatoms. The molecule has 1 aromatic rings. The first-order valence-corrected chi connectivity index (χ1v) is 6.32. The maximum Gasteiger partial charge on any atom is 0.237 e. The molecule has 0 aliphatic carbocycles. The molecular weight excluding hydrogens is 242 g/mol. The predicted octanol–water partition coefficient (Wildman–Crippen LogP) is 1.11. The van der Waals surface area contributed by atoms with Crippen LogP contribution in [0.2, 0.25) is 0 Å². The third-order valence-corrected chi connectivity index (χ3v) is 3.01. The third kappa shape index (κ3) is 4.79. The highest BCUT2D eigenvalue weighted by atomic mass is 16.5. The Bertz CT molecular complexity index is 430. The molecule has 19 heavy (non-hydrogen) atoms. The van der Waals surface area contributed by atoms with Crippen molar-refractivity contribution < 1.29 is 9.53 Å². The van der Waals surface area contributed by atoms with E-state index in [0.29, 0.717) is 19.4 Å². The molecule has 1 aromatic carbocycles. The number of primary amides is 1. The van der Waals surface area contributed by atoms with Gasteiger partial charge < -0.3 is 21.1 Å². The second kappa shape index (κ2) is 6.43. The molecule has 0 fully saturated rings. The van der Waals surface area contributed by atoms with Crippen molar-refractivity contribution in [2.24, 2.45) is 11.5 Å². The molecule has 1 amide bonds. The number of benzene rings is 1. The summed E-state index contributed by atoms with van der Waals surface area (Å²) in [5, 5.41) is 0. The van der Waals surface area contributed by atoms with Crippen LogP contribution in [0.3, 0.4) is 0 Å². The molecule has 0 spiro atoms. The van der Waals surface area contributed by atoms with E-state index >= 15 is 0 Å². The lowest BCUT2D eigenvalue weighted by atomic mass is 9.97. The van der Waals surface area contributed by atoms with Crippen LogP contribution in [0.5, 0.6) is 5.75 Å². The average molecular weight is 265 g/mol. The molecule has 1 unspecified atom stereocenters. The SMILES string of the molecule is CN(C)c1cccc(OCCCC(C)(N)C(N)=O)c1. The van der Waals surface area contributed by atoms with E-state index in [1.807, 2.05) is 43.3 Å². The van der Waals surface area contributed by atoms with Crippen molar-refractivity contribution in [1.82, 2.24) is 0 Å². The van der Waals surface area contributed by atoms with Gasteiger partial charge in [-0.1, -0.05) is 6.07 Å². The number of nitrogens with two attached hydrogens (primary N) is 2. The first-order chi connectivity index (χ1) is 8.83. The summed E-state index contributed by atoms with van der Waals surface area (Å²) in [4.78, 5) is 13.1. The van der Waals surface area contributed by atoms with Crippen molar-refractivity contribution in [1.29, 1.82) is 0 Å². The Morgan fingerprint density at radius 3 is 2.68 bits per heavy atom. The molecule has 0 aliphatic heterocycles. The fraction of sp³-hybridized carbons (Fsp3) is 0.500. The van der Waals surface area contributed by atoms with Gasteiger partial charge in [-0.05, 0) is 31.9 Å². The Balaban J connectivity index is 2.42. The summed E-state index contributed by atoms with van der Waals surface area (Å²) in [7, 11) is 3.96. The van der Waals surface area contributed by atoms with Gasteiger partial charge in [-0.2, -0.15) is 0 Å². The van der Waals surface area contributed by atoms with Crippen molar-refractivity contribution >= 4 is 11.6 Å². The Morgan fingerprint density at radius 2 is 2.11 bits per heavy atom. The number of carbonyl (C=O) groups excluding carboxylic acids is 1. The summed E-state index contributed by atoms with van der Waals surface area (Å²) in [5.74, 6) is 0.325. The van der Waals surface area contributed by atoms with Crippen molar-refractivity contribution in [2.75, 3.05) is 25.6 Å². The van der Waals surface area contributed by atoms with E-state index in [9.17, 15) is 4.79 Å². The number of ether oxygens (including phenoxy) is 1. The normalized spacial score (nSPS) is 13.7. The summed E-state index contributed by atoms with van der Waals surface area (Å²) in [6.07, 6.45) is 1.19. The third-order valence-electron chi connectivity index (χ3n) is 3.01. The van der Waals surface area contributed by atoms with Crippen molar-refractivity contribution in [2.45, 2.75) is 25.3 Å². The number of hydrogen-bond acceptors (Lipinski definition) is 4. The maximum atomic E-state index is 11.1. The van der Waals surface area contributed by atoms with Gasteiger partial charge in [0.2, 0.25) is 5.91 Å². The van der Waals surface area contributed by atoms with Crippen LogP contribution < -0.4 is 21.1 Å². The van der Waals surface area contributed by atoms with Gasteiger partial charge in [0.25, 0.3) is 0 Å². The molecule has 1 rings (SSSR count). The monoisotopic (exact) mass is 265 g/mol. The highest BCUT2D eigenvalue weighted by Crippen LogP contribution is 2.19. The lowest BCUT2D eigenvalue weighted by molar-refractivity contribution is -0.122.